The molecule has 0 spiro atoms. The largest absolute Gasteiger partial charge is 0.508 e. The number of hydrogen-bond acceptors (Lipinski definition) is 4. The molecule has 5 nitrogen and oxygen atoms in total. The molecule has 0 saturated carbocycles. The first-order valence-electron chi connectivity index (χ1n) is 7.36. The van der Waals surface area contributed by atoms with Gasteiger partial charge in [0.1, 0.15) is 11.6 Å². The number of benzene rings is 1. The van der Waals surface area contributed by atoms with Crippen molar-refractivity contribution in [3.63, 3.8) is 0 Å². The summed E-state index contributed by atoms with van der Waals surface area (Å²) in [5.74, 6) is 1.39. The Morgan fingerprint density at radius 2 is 1.86 bits per heavy atom. The van der Waals surface area contributed by atoms with Crippen LogP contribution in [0.3, 0.4) is 0 Å². The van der Waals surface area contributed by atoms with Crippen LogP contribution < -0.4 is 10.2 Å². The van der Waals surface area contributed by atoms with E-state index in [1.165, 1.54) is 11.3 Å². The average Bonchev–Trinajstić information content (AvgIpc) is 2.97. The molecule has 0 aliphatic carbocycles. The van der Waals surface area contributed by atoms with Crippen LogP contribution in [0.15, 0.2) is 36.5 Å². The maximum Gasteiger partial charge on any atom is 0.115 e. The zero-order valence-corrected chi connectivity index (χ0v) is 12.3. The summed E-state index contributed by atoms with van der Waals surface area (Å²) in [7, 11) is 1.92. The molecular weight excluding hydrogens is 264 g/mol. The van der Waals surface area contributed by atoms with Crippen molar-refractivity contribution in [1.82, 2.24) is 9.88 Å². The van der Waals surface area contributed by atoms with Crippen LogP contribution in [0.4, 0.5) is 11.5 Å². The number of piperazine rings is 1. The molecule has 3 rings (SSSR count). The molecule has 0 unspecified atom stereocenters. The Kier molecular flexibility index (Phi) is 4.01. The smallest absolute Gasteiger partial charge is 0.115 e. The second-order valence-corrected chi connectivity index (χ2v) is 5.45. The van der Waals surface area contributed by atoms with Crippen LogP contribution in [0.2, 0.25) is 0 Å². The van der Waals surface area contributed by atoms with Crippen molar-refractivity contribution in [3.8, 4) is 5.75 Å². The van der Waals surface area contributed by atoms with Crippen LogP contribution in [-0.4, -0.2) is 48.2 Å². The van der Waals surface area contributed by atoms with Gasteiger partial charge in [0.05, 0.1) is 0 Å². The van der Waals surface area contributed by atoms with E-state index in [1.54, 1.807) is 12.1 Å². The van der Waals surface area contributed by atoms with E-state index in [-0.39, 0.29) is 0 Å². The number of anilines is 2. The van der Waals surface area contributed by atoms with Crippen LogP contribution in [0.5, 0.6) is 5.75 Å². The van der Waals surface area contributed by atoms with Crippen LogP contribution in [0, 0.1) is 0 Å². The van der Waals surface area contributed by atoms with Gasteiger partial charge in [0.25, 0.3) is 0 Å². The third kappa shape index (κ3) is 3.31. The second kappa shape index (κ2) is 6.10. The van der Waals surface area contributed by atoms with Crippen molar-refractivity contribution >= 4 is 11.5 Å². The number of nitrogens with one attached hydrogen (secondary N) is 2. The molecule has 5 heteroatoms. The molecule has 1 aliphatic heterocycles. The summed E-state index contributed by atoms with van der Waals surface area (Å²) in [6.45, 7) is 5.14. The zero-order valence-electron chi connectivity index (χ0n) is 12.3. The molecule has 0 bridgehead atoms. The normalized spacial score (nSPS) is 16.1. The molecule has 1 aromatic carbocycles. The Labute approximate surface area is 125 Å². The summed E-state index contributed by atoms with van der Waals surface area (Å²) in [5.41, 5.74) is 2.50. The number of phenolic OH excluding ortho intramolecular Hbond substituents is 1. The van der Waals surface area contributed by atoms with Crippen LogP contribution in [0.1, 0.15) is 5.56 Å². The zero-order chi connectivity index (χ0) is 14.7. The van der Waals surface area contributed by atoms with Gasteiger partial charge in [-0.2, -0.15) is 0 Å². The van der Waals surface area contributed by atoms with Crippen LogP contribution in [0.25, 0.3) is 0 Å². The summed E-state index contributed by atoms with van der Waals surface area (Å²) in [6.07, 6.45) is 2.07. The van der Waals surface area contributed by atoms with E-state index in [9.17, 15) is 5.11 Å². The summed E-state index contributed by atoms with van der Waals surface area (Å²) < 4.78 is 0. The minimum absolute atomic E-state index is 0.324. The SMILES string of the molecule is CNc1cc(CN2CCN(c3ccc(O)cc3)CC2)c[nH]1. The Bertz CT molecular complexity index is 570. The van der Waals surface area contributed by atoms with Crippen LogP contribution >= 0.6 is 0 Å². The Balaban J connectivity index is 1.54. The minimum Gasteiger partial charge on any atom is -0.508 e. The van der Waals surface area contributed by atoms with Gasteiger partial charge in [-0.15, -0.1) is 0 Å². The second-order valence-electron chi connectivity index (χ2n) is 5.45. The number of nitrogens with zero attached hydrogens (tertiary/aromatic N) is 2. The molecule has 0 radical (unpaired) electrons. The van der Waals surface area contributed by atoms with Gasteiger partial charge in [0, 0.05) is 51.7 Å². The molecule has 1 fully saturated rings. The summed E-state index contributed by atoms with van der Waals surface area (Å²) >= 11 is 0. The van der Waals surface area contributed by atoms with E-state index < -0.39 is 0 Å². The monoisotopic (exact) mass is 286 g/mol. The maximum atomic E-state index is 9.35. The van der Waals surface area contributed by atoms with E-state index in [4.69, 9.17) is 0 Å². The molecular formula is C16H22N4O. The maximum absolute atomic E-state index is 9.35. The lowest BCUT2D eigenvalue weighted by Crippen LogP contribution is -2.45. The lowest BCUT2D eigenvalue weighted by molar-refractivity contribution is 0.250. The van der Waals surface area contributed by atoms with E-state index in [1.807, 2.05) is 19.2 Å². The minimum atomic E-state index is 0.324. The van der Waals surface area contributed by atoms with E-state index >= 15 is 0 Å². The van der Waals surface area contributed by atoms with E-state index in [0.29, 0.717) is 5.75 Å². The highest BCUT2D eigenvalue weighted by molar-refractivity contribution is 5.49. The lowest BCUT2D eigenvalue weighted by atomic mass is 10.2. The quantitative estimate of drug-likeness (QED) is 0.805. The predicted molar refractivity (Wildman–Crippen MR) is 85.9 cm³/mol. The number of H-pyrrole nitrogens is 1. The summed E-state index contributed by atoms with van der Waals surface area (Å²) in [6, 6.07) is 9.63. The molecule has 2 heterocycles. The Morgan fingerprint density at radius 3 is 2.48 bits per heavy atom. The number of phenols is 1. The highest BCUT2D eigenvalue weighted by Crippen LogP contribution is 2.20. The standard InChI is InChI=1S/C16H22N4O/c1-17-16-10-13(11-18-16)12-19-6-8-20(9-7-19)14-2-4-15(21)5-3-14/h2-5,10-11,17-18,21H,6-9,12H2,1H3. The van der Waals surface area contributed by atoms with Crippen LogP contribution in [-0.2, 0) is 6.54 Å². The molecule has 112 valence electrons. The van der Waals surface area contributed by atoms with Gasteiger partial charge >= 0.3 is 0 Å². The number of aromatic nitrogens is 1. The fraction of sp³-hybridized carbons (Fsp3) is 0.375. The number of aromatic hydroxyl groups is 1. The number of hydrogen-bond donors (Lipinski definition) is 3. The van der Waals surface area contributed by atoms with Gasteiger partial charge in [-0.1, -0.05) is 0 Å². The topological polar surface area (TPSA) is 54.5 Å². The molecule has 0 amide bonds. The van der Waals surface area contributed by atoms with Gasteiger partial charge < -0.3 is 20.3 Å². The third-order valence-corrected chi connectivity index (χ3v) is 4.01. The van der Waals surface area contributed by atoms with Crippen molar-refractivity contribution in [2.24, 2.45) is 0 Å². The van der Waals surface area contributed by atoms with Gasteiger partial charge in [0.2, 0.25) is 0 Å². The molecule has 0 atom stereocenters. The fourth-order valence-electron chi connectivity index (χ4n) is 2.76. The van der Waals surface area contributed by atoms with Crippen molar-refractivity contribution < 1.29 is 5.11 Å². The average molecular weight is 286 g/mol. The Morgan fingerprint density at radius 1 is 1.14 bits per heavy atom. The summed E-state index contributed by atoms with van der Waals surface area (Å²) in [4.78, 5) is 8.05. The molecule has 21 heavy (non-hydrogen) atoms. The number of rotatable bonds is 4. The van der Waals surface area contributed by atoms with E-state index in [2.05, 4.69) is 32.4 Å². The molecule has 1 saturated heterocycles. The van der Waals surface area contributed by atoms with E-state index in [0.717, 1.165) is 38.5 Å². The first-order chi connectivity index (χ1) is 10.2. The molecule has 1 aromatic heterocycles. The van der Waals surface area contributed by atoms with Crippen molar-refractivity contribution in [2.45, 2.75) is 6.54 Å². The van der Waals surface area contributed by atoms with Gasteiger partial charge in [-0.25, -0.2) is 0 Å². The van der Waals surface area contributed by atoms with Gasteiger partial charge in [-0.05, 0) is 35.9 Å². The lowest BCUT2D eigenvalue weighted by Gasteiger charge is -2.36. The fourth-order valence-corrected chi connectivity index (χ4v) is 2.76. The predicted octanol–water partition coefficient (Wildman–Crippen LogP) is 2.08. The molecule has 3 N–H and O–H groups in total. The van der Waals surface area contributed by atoms with Gasteiger partial charge in [0.15, 0.2) is 0 Å². The highest BCUT2D eigenvalue weighted by Gasteiger charge is 2.17. The third-order valence-electron chi connectivity index (χ3n) is 4.01. The van der Waals surface area contributed by atoms with Crippen molar-refractivity contribution in [2.75, 3.05) is 43.4 Å². The molecule has 2 aromatic rings. The highest BCUT2D eigenvalue weighted by atomic mass is 16.3. The van der Waals surface area contributed by atoms with Crippen molar-refractivity contribution in [3.05, 3.63) is 42.1 Å². The molecule has 1 aliphatic rings. The number of aromatic amines is 1. The first-order valence-corrected chi connectivity index (χ1v) is 7.36. The van der Waals surface area contributed by atoms with Gasteiger partial charge in [-0.3, -0.25) is 4.90 Å². The Hall–Kier alpha value is -2.14. The summed E-state index contributed by atoms with van der Waals surface area (Å²) in [5, 5.41) is 12.5. The van der Waals surface area contributed by atoms with Crippen molar-refractivity contribution in [1.29, 1.82) is 0 Å². The first kappa shape index (κ1) is 13.8.